The van der Waals surface area contributed by atoms with E-state index in [9.17, 15) is 14.9 Å². The van der Waals surface area contributed by atoms with Crippen LogP contribution in [-0.2, 0) is 9.36 Å². The lowest BCUT2D eigenvalue weighted by atomic mass is 9.43. The van der Waals surface area contributed by atoms with Gasteiger partial charge >= 0.3 is 0 Å². The van der Waals surface area contributed by atoms with Gasteiger partial charge in [-0.2, -0.15) is 0 Å². The third-order valence-electron chi connectivity index (χ3n) is 10.7. The molecule has 0 amide bonds. The number of Topliss-reactive ketones (excluding diaryl/α,β-unsaturated/α-hetero) is 1. The molecule has 0 bridgehead atoms. The molecule has 31 heavy (non-hydrogen) atoms. The summed E-state index contributed by atoms with van der Waals surface area (Å²) in [6, 6.07) is 0.0889. The van der Waals surface area contributed by atoms with Gasteiger partial charge in [-0.15, -0.1) is 0 Å². The van der Waals surface area contributed by atoms with Gasteiger partial charge in [0.25, 0.3) is 0 Å². The summed E-state index contributed by atoms with van der Waals surface area (Å²) in [5.74, 6) is 3.81. The van der Waals surface area contributed by atoms with Crippen LogP contribution in [0.4, 0.5) is 0 Å². The smallest absolute Gasteiger partial charge is 0.158 e. The van der Waals surface area contributed by atoms with Gasteiger partial charge in [0.1, 0.15) is 5.78 Å². The molecule has 4 aliphatic rings. The predicted octanol–water partition coefficient (Wildman–Crippen LogP) is 7.60. The minimum absolute atomic E-state index is 0.0889. The molecule has 0 aliphatic heterocycles. The van der Waals surface area contributed by atoms with Crippen molar-refractivity contribution in [1.82, 2.24) is 0 Å². The highest BCUT2D eigenvalue weighted by Gasteiger charge is 2.62. The molecule has 0 heterocycles. The number of hydrogen-bond donors (Lipinski definition) is 0. The van der Waals surface area contributed by atoms with Crippen LogP contribution in [0.1, 0.15) is 91.9 Å². The molecule has 0 radical (unpaired) electrons. The lowest BCUT2D eigenvalue weighted by molar-refractivity contribution is -0.123. The molecule has 0 aromatic carbocycles. The number of hydrogen-bond acceptors (Lipinski definition) is 3. The van der Waals surface area contributed by atoms with Crippen molar-refractivity contribution in [2.75, 3.05) is 0 Å². The van der Waals surface area contributed by atoms with E-state index in [1.54, 1.807) is 6.92 Å². The molecule has 4 aliphatic carbocycles. The average Bonchev–Trinajstić information content (AvgIpc) is 3.09. The van der Waals surface area contributed by atoms with E-state index in [-0.39, 0.29) is 11.7 Å². The Morgan fingerprint density at radius 1 is 1.13 bits per heavy atom. The first-order chi connectivity index (χ1) is 14.7. The van der Waals surface area contributed by atoms with Crippen LogP contribution in [0.3, 0.4) is 0 Å². The maximum Gasteiger partial charge on any atom is 0.158 e. The zero-order chi connectivity index (χ0) is 22.4. The molecule has 10 atom stereocenters. The second-order valence-corrected chi connectivity index (χ2v) is 12.9. The van der Waals surface area contributed by atoms with Crippen LogP contribution in [0.15, 0.2) is 5.11 Å². The van der Waals surface area contributed by atoms with E-state index in [0.717, 1.165) is 25.7 Å². The van der Waals surface area contributed by atoms with E-state index < -0.39 is 0 Å². The van der Waals surface area contributed by atoms with Gasteiger partial charge in [0.15, 0.2) is 8.46 Å². The number of rotatable bonds is 6. The average molecular weight is 446 g/mol. The molecule has 4 saturated carbocycles. The number of carbonyl (C=O) groups is 1. The maximum absolute atomic E-state index is 11.6. The van der Waals surface area contributed by atoms with E-state index in [4.69, 9.17) is 0 Å². The maximum atomic E-state index is 11.6. The highest BCUT2D eigenvalue weighted by atomic mass is 31.1. The Labute approximate surface area is 189 Å². The second kappa shape index (κ2) is 8.79. The molecule has 6 heteroatoms. The highest BCUT2D eigenvalue weighted by Crippen LogP contribution is 2.69. The third-order valence-corrected chi connectivity index (χ3v) is 11.5. The van der Waals surface area contributed by atoms with E-state index in [1.807, 2.05) is 0 Å². The summed E-state index contributed by atoms with van der Waals surface area (Å²) in [4.78, 5) is 14.9. The summed E-state index contributed by atoms with van der Waals surface area (Å²) in [6.45, 7) is 9.09. The summed E-state index contributed by atoms with van der Waals surface area (Å²) in [5, 5.41) is 4.42. The van der Waals surface area contributed by atoms with E-state index in [1.165, 1.54) is 32.1 Å². The minimum Gasteiger partial charge on any atom is -0.300 e. The monoisotopic (exact) mass is 445 g/mol. The molecular formula is C25H40N3O2P. The highest BCUT2D eigenvalue weighted by molar-refractivity contribution is 7.24. The van der Waals surface area contributed by atoms with Crippen LogP contribution in [0.5, 0.6) is 0 Å². The van der Waals surface area contributed by atoms with Crippen molar-refractivity contribution < 1.29 is 9.36 Å². The molecule has 4 rings (SSSR count). The molecule has 0 N–H and O–H groups in total. The Morgan fingerprint density at radius 2 is 1.84 bits per heavy atom. The van der Waals surface area contributed by atoms with Crippen LogP contribution in [-0.4, -0.2) is 17.5 Å². The molecule has 0 spiro atoms. The van der Waals surface area contributed by atoms with Gasteiger partial charge in [0.05, 0.1) is 0 Å². The number of carbonyl (C=O) groups excluding carboxylic acids is 1. The van der Waals surface area contributed by atoms with Crippen LogP contribution in [0.25, 0.3) is 10.4 Å². The summed E-state index contributed by atoms with van der Waals surface area (Å²) in [7, 11) is 0.297. The topological polar surface area (TPSA) is 82.9 Å². The zero-order valence-electron chi connectivity index (χ0n) is 19.8. The van der Waals surface area contributed by atoms with Crippen LogP contribution in [0, 0.1) is 46.3 Å². The van der Waals surface area contributed by atoms with Crippen molar-refractivity contribution in [2.45, 2.75) is 104 Å². The zero-order valence-corrected chi connectivity index (χ0v) is 20.7. The van der Waals surface area contributed by atoms with Gasteiger partial charge in [-0.05, 0) is 117 Å². The molecule has 5 unspecified atom stereocenters. The fourth-order valence-electron chi connectivity index (χ4n) is 9.09. The Morgan fingerprint density at radius 3 is 2.52 bits per heavy atom. The van der Waals surface area contributed by atoms with Gasteiger partial charge in [-0.1, -0.05) is 25.9 Å². The van der Waals surface area contributed by atoms with Gasteiger partial charge in [-0.25, -0.2) is 0 Å². The standard InChI is InChI=1S/C25H40N3O2P/c1-15(5-6-16(2)29)19-7-8-20-23-21(10-12-25(19,20)4)24(3)11-9-18(31-30)13-17(24)14-22(23)27-28-26/h15,17-23H,5-14H2,1-4H3/t15-,17?,18-,19-,20?,21?,22?,23?,24+,25-/m1/s1. The quantitative estimate of drug-likeness (QED) is 0.182. The third kappa shape index (κ3) is 3.89. The minimum atomic E-state index is 0.0889. The lowest BCUT2D eigenvalue weighted by Gasteiger charge is -2.62. The molecule has 4 fully saturated rings. The van der Waals surface area contributed by atoms with Crippen molar-refractivity contribution >= 4 is 14.2 Å². The first-order valence-corrected chi connectivity index (χ1v) is 13.5. The SMILES string of the molecule is CC(=O)CC[C@@H](C)[C@H]1CCC2C3C(N=[N+]=[N-])CC4C[C@H](P=O)CC[C@]4(C)C3CC[C@@]21C. The Balaban J connectivity index is 1.62. The fraction of sp³-hybridized carbons (Fsp3) is 0.960. The number of ketones is 1. The Bertz CT molecular complexity index is 768. The van der Waals surface area contributed by atoms with E-state index in [2.05, 4.69) is 30.8 Å². The molecular weight excluding hydrogens is 405 g/mol. The first-order valence-electron chi connectivity index (χ1n) is 12.6. The van der Waals surface area contributed by atoms with Crippen LogP contribution < -0.4 is 0 Å². The molecule has 0 aromatic rings. The normalized spacial score (nSPS) is 47.5. The molecule has 0 aromatic heterocycles. The second-order valence-electron chi connectivity index (χ2n) is 12.0. The van der Waals surface area contributed by atoms with Gasteiger partial charge in [-0.3, -0.25) is 4.57 Å². The molecule has 172 valence electrons. The molecule has 5 nitrogen and oxygen atoms in total. The number of nitrogens with zero attached hydrogens (tertiary/aromatic N) is 3. The summed E-state index contributed by atoms with van der Waals surface area (Å²) in [6.07, 6.45) is 10.9. The molecule has 0 saturated heterocycles. The Hall–Kier alpha value is -0.920. The van der Waals surface area contributed by atoms with Crippen LogP contribution >= 0.6 is 8.46 Å². The van der Waals surface area contributed by atoms with E-state index >= 15 is 0 Å². The first kappa shape index (κ1) is 23.2. The summed E-state index contributed by atoms with van der Waals surface area (Å²) < 4.78 is 11.6. The fourth-order valence-corrected chi connectivity index (χ4v) is 9.67. The summed E-state index contributed by atoms with van der Waals surface area (Å²) >= 11 is 0. The van der Waals surface area contributed by atoms with Gasteiger partial charge in [0.2, 0.25) is 0 Å². The number of fused-ring (bicyclic) bond motifs is 5. The van der Waals surface area contributed by atoms with Gasteiger partial charge in [0, 0.05) is 23.0 Å². The number of azide groups is 1. The largest absolute Gasteiger partial charge is 0.300 e. The van der Waals surface area contributed by atoms with E-state index in [0.29, 0.717) is 67.0 Å². The predicted molar refractivity (Wildman–Crippen MR) is 124 cm³/mol. The summed E-state index contributed by atoms with van der Waals surface area (Å²) in [5.41, 5.74) is 10.3. The lowest BCUT2D eigenvalue weighted by Crippen LogP contribution is -2.58. The van der Waals surface area contributed by atoms with Crippen molar-refractivity contribution in [2.24, 2.45) is 51.5 Å². The van der Waals surface area contributed by atoms with Crippen LogP contribution in [0.2, 0.25) is 0 Å². The Kier molecular flexibility index (Phi) is 6.59. The van der Waals surface area contributed by atoms with Crippen molar-refractivity contribution in [3.8, 4) is 0 Å². The van der Waals surface area contributed by atoms with Crippen molar-refractivity contribution in [3.63, 3.8) is 0 Å². The van der Waals surface area contributed by atoms with Crippen molar-refractivity contribution in [3.05, 3.63) is 10.4 Å². The van der Waals surface area contributed by atoms with Crippen molar-refractivity contribution in [1.29, 1.82) is 0 Å². The van der Waals surface area contributed by atoms with Gasteiger partial charge < -0.3 is 4.79 Å².